The molecule has 3 aromatic rings. The summed E-state index contributed by atoms with van der Waals surface area (Å²) in [5.74, 6) is -1.02. The number of carbonyl (C=O) groups is 2. The quantitative estimate of drug-likeness (QED) is 0.708. The summed E-state index contributed by atoms with van der Waals surface area (Å²) in [5, 5.41) is 12.7. The fourth-order valence-corrected chi connectivity index (χ4v) is 2.61. The number of aliphatic carboxylic acids is 1. The van der Waals surface area contributed by atoms with Crippen molar-refractivity contribution >= 4 is 23.0 Å². The van der Waals surface area contributed by atoms with Crippen LogP contribution in [0.1, 0.15) is 23.6 Å². The number of nitrogens with zero attached hydrogens (tertiary/aromatic N) is 1. The Morgan fingerprint density at radius 1 is 1.08 bits per heavy atom. The summed E-state index contributed by atoms with van der Waals surface area (Å²) in [6.07, 6.45) is 0.640. The third kappa shape index (κ3) is 4.57. The summed E-state index contributed by atoms with van der Waals surface area (Å²) in [5.41, 5.74) is 2.27. The van der Waals surface area contributed by atoms with Gasteiger partial charge in [0, 0.05) is 11.6 Å². The molecule has 0 fully saturated rings. The van der Waals surface area contributed by atoms with Gasteiger partial charge < -0.3 is 15.2 Å². The highest BCUT2D eigenvalue weighted by Crippen LogP contribution is 2.21. The number of alkyl carbamates (subject to hydrolysis) is 1. The van der Waals surface area contributed by atoms with Gasteiger partial charge in [-0.05, 0) is 23.3 Å². The molecule has 1 amide bonds. The molecular weight excluding hydrogens is 332 g/mol. The molecule has 0 saturated heterocycles. The van der Waals surface area contributed by atoms with E-state index in [1.165, 1.54) is 0 Å². The number of amides is 1. The second-order valence-electron chi connectivity index (χ2n) is 5.82. The fourth-order valence-electron chi connectivity index (χ4n) is 2.61. The zero-order valence-electron chi connectivity index (χ0n) is 14.0. The van der Waals surface area contributed by atoms with Crippen LogP contribution in [0.5, 0.6) is 0 Å². The highest BCUT2D eigenvalue weighted by molar-refractivity contribution is 5.79. The van der Waals surface area contributed by atoms with Crippen LogP contribution in [-0.4, -0.2) is 22.2 Å². The number of carbonyl (C=O) groups excluding carboxylic acids is 1. The van der Waals surface area contributed by atoms with Crippen LogP contribution in [0.3, 0.4) is 0 Å². The first-order chi connectivity index (χ1) is 12.6. The number of nitrogens with one attached hydrogen (secondary N) is 1. The van der Waals surface area contributed by atoms with Gasteiger partial charge >= 0.3 is 12.1 Å². The van der Waals surface area contributed by atoms with Crippen LogP contribution < -0.4 is 5.32 Å². The number of pyridine rings is 1. The molecule has 0 aliphatic heterocycles. The normalized spacial score (nSPS) is 11.7. The van der Waals surface area contributed by atoms with E-state index in [9.17, 15) is 9.59 Å². The molecule has 2 aromatic carbocycles. The zero-order chi connectivity index (χ0) is 18.4. The Labute approximate surface area is 150 Å². The number of hydrogen-bond donors (Lipinski definition) is 2. The van der Waals surface area contributed by atoms with Gasteiger partial charge in [-0.3, -0.25) is 9.78 Å². The number of aromatic nitrogens is 1. The van der Waals surface area contributed by atoms with Crippen molar-refractivity contribution in [3.63, 3.8) is 0 Å². The summed E-state index contributed by atoms with van der Waals surface area (Å²) in [6, 6.07) is 17.9. The Bertz CT molecular complexity index is 912. The molecule has 132 valence electrons. The minimum absolute atomic E-state index is 0.114. The maximum Gasteiger partial charge on any atom is 0.407 e. The number of carboxylic acids is 1. The highest BCUT2D eigenvalue weighted by atomic mass is 16.5. The summed E-state index contributed by atoms with van der Waals surface area (Å²) in [7, 11) is 0. The van der Waals surface area contributed by atoms with E-state index >= 15 is 0 Å². The molecule has 26 heavy (non-hydrogen) atoms. The van der Waals surface area contributed by atoms with Crippen LogP contribution >= 0.6 is 0 Å². The molecule has 0 saturated carbocycles. The molecule has 1 unspecified atom stereocenters. The van der Waals surface area contributed by atoms with Crippen molar-refractivity contribution in [3.8, 4) is 0 Å². The van der Waals surface area contributed by atoms with Crippen molar-refractivity contribution in [1.29, 1.82) is 0 Å². The van der Waals surface area contributed by atoms with E-state index in [0.29, 0.717) is 5.56 Å². The van der Waals surface area contributed by atoms with Crippen LogP contribution in [0.25, 0.3) is 10.9 Å². The maximum atomic E-state index is 12.1. The van der Waals surface area contributed by atoms with E-state index in [4.69, 9.17) is 9.84 Å². The van der Waals surface area contributed by atoms with Crippen LogP contribution in [-0.2, 0) is 16.1 Å². The van der Waals surface area contributed by atoms with Gasteiger partial charge in [0.25, 0.3) is 0 Å². The van der Waals surface area contributed by atoms with Gasteiger partial charge in [0.15, 0.2) is 0 Å². The molecule has 1 atom stereocenters. The predicted octanol–water partition coefficient (Wildman–Crippen LogP) is 3.68. The van der Waals surface area contributed by atoms with Crippen LogP contribution in [0.2, 0.25) is 0 Å². The second kappa shape index (κ2) is 8.11. The van der Waals surface area contributed by atoms with Gasteiger partial charge in [0.05, 0.1) is 18.0 Å². The predicted molar refractivity (Wildman–Crippen MR) is 96.5 cm³/mol. The average molecular weight is 350 g/mol. The Kier molecular flexibility index (Phi) is 5.43. The third-order valence-corrected chi connectivity index (χ3v) is 3.90. The van der Waals surface area contributed by atoms with E-state index in [1.807, 2.05) is 60.7 Å². The SMILES string of the molecule is O=C(O)CC(NC(=O)OCc1ccccc1)c1cnc2ccccc2c1. The molecular formula is C20H18N2O4. The number of rotatable bonds is 6. The van der Waals surface area contributed by atoms with Crippen LogP contribution in [0, 0.1) is 0 Å². The molecule has 0 radical (unpaired) electrons. The fraction of sp³-hybridized carbons (Fsp3) is 0.150. The molecule has 0 aliphatic carbocycles. The first kappa shape index (κ1) is 17.4. The van der Waals surface area contributed by atoms with E-state index in [-0.39, 0.29) is 13.0 Å². The summed E-state index contributed by atoms with van der Waals surface area (Å²) >= 11 is 0. The van der Waals surface area contributed by atoms with E-state index in [2.05, 4.69) is 10.3 Å². The van der Waals surface area contributed by atoms with Crippen molar-refractivity contribution in [2.45, 2.75) is 19.1 Å². The molecule has 6 heteroatoms. The van der Waals surface area contributed by atoms with Crippen LogP contribution in [0.15, 0.2) is 66.9 Å². The topological polar surface area (TPSA) is 88.5 Å². The number of ether oxygens (including phenoxy) is 1. The summed E-state index contributed by atoms with van der Waals surface area (Å²) in [4.78, 5) is 27.6. The minimum Gasteiger partial charge on any atom is -0.481 e. The Hall–Kier alpha value is -3.41. The molecule has 1 heterocycles. The van der Waals surface area contributed by atoms with Crippen molar-refractivity contribution < 1.29 is 19.4 Å². The minimum atomic E-state index is -1.02. The number of hydrogen-bond acceptors (Lipinski definition) is 4. The molecule has 0 spiro atoms. The molecule has 0 aliphatic rings. The van der Waals surface area contributed by atoms with Crippen molar-refractivity contribution in [2.75, 3.05) is 0 Å². The first-order valence-corrected chi connectivity index (χ1v) is 8.15. The lowest BCUT2D eigenvalue weighted by Crippen LogP contribution is -2.30. The zero-order valence-corrected chi connectivity index (χ0v) is 14.0. The van der Waals surface area contributed by atoms with Gasteiger partial charge in [0.2, 0.25) is 0 Å². The number of para-hydroxylation sites is 1. The molecule has 0 bridgehead atoms. The Morgan fingerprint density at radius 3 is 2.58 bits per heavy atom. The lowest BCUT2D eigenvalue weighted by molar-refractivity contribution is -0.137. The van der Waals surface area contributed by atoms with Crippen molar-refractivity contribution in [1.82, 2.24) is 10.3 Å². The third-order valence-electron chi connectivity index (χ3n) is 3.90. The number of carboxylic acid groups (broad SMARTS) is 1. The Morgan fingerprint density at radius 2 is 1.81 bits per heavy atom. The lowest BCUT2D eigenvalue weighted by Gasteiger charge is -2.17. The highest BCUT2D eigenvalue weighted by Gasteiger charge is 2.19. The van der Waals surface area contributed by atoms with Gasteiger partial charge in [-0.2, -0.15) is 0 Å². The average Bonchev–Trinajstić information content (AvgIpc) is 2.66. The van der Waals surface area contributed by atoms with Crippen molar-refractivity contribution in [2.24, 2.45) is 0 Å². The van der Waals surface area contributed by atoms with Crippen molar-refractivity contribution in [3.05, 3.63) is 78.0 Å². The number of benzene rings is 2. The maximum absolute atomic E-state index is 12.1. The molecule has 2 N–H and O–H groups in total. The van der Waals surface area contributed by atoms with E-state index in [1.54, 1.807) is 6.20 Å². The smallest absolute Gasteiger partial charge is 0.407 e. The van der Waals surface area contributed by atoms with E-state index < -0.39 is 18.1 Å². The molecule has 3 rings (SSSR count). The van der Waals surface area contributed by atoms with Crippen LogP contribution in [0.4, 0.5) is 4.79 Å². The van der Waals surface area contributed by atoms with Gasteiger partial charge in [-0.15, -0.1) is 0 Å². The molecule has 6 nitrogen and oxygen atoms in total. The van der Waals surface area contributed by atoms with Gasteiger partial charge in [-0.25, -0.2) is 4.79 Å². The summed E-state index contributed by atoms with van der Waals surface area (Å²) < 4.78 is 5.19. The number of fused-ring (bicyclic) bond motifs is 1. The summed E-state index contributed by atoms with van der Waals surface area (Å²) in [6.45, 7) is 0.114. The largest absolute Gasteiger partial charge is 0.481 e. The lowest BCUT2D eigenvalue weighted by atomic mass is 10.0. The van der Waals surface area contributed by atoms with Gasteiger partial charge in [0.1, 0.15) is 6.61 Å². The standard InChI is InChI=1S/C20H18N2O4/c23-19(24)11-18(16-10-15-8-4-5-9-17(15)21-12-16)22-20(25)26-13-14-6-2-1-3-7-14/h1-10,12,18H,11,13H2,(H,22,25)(H,23,24). The first-order valence-electron chi connectivity index (χ1n) is 8.15. The monoisotopic (exact) mass is 350 g/mol. The van der Waals surface area contributed by atoms with E-state index in [0.717, 1.165) is 16.5 Å². The molecule has 1 aromatic heterocycles. The van der Waals surface area contributed by atoms with Gasteiger partial charge in [-0.1, -0.05) is 48.5 Å². The second-order valence-corrected chi connectivity index (χ2v) is 5.82. The Balaban J connectivity index is 1.72.